The first kappa shape index (κ1) is 31.9. The molecule has 4 aromatic carbocycles. The van der Waals surface area contributed by atoms with Crippen LogP contribution < -0.4 is 24.8 Å². The SMILES string of the molecule is C=Cc1ccc2[cH-]c3ccc(C=C)cc3c2c1.CC(C)(C)C1=CC[C-]=C1.[Cl-].[Cl-].[Zr+2]=[CH]c1ccccc1. The number of benzene rings is 3. The van der Waals surface area contributed by atoms with Gasteiger partial charge < -0.3 is 24.8 Å². The van der Waals surface area contributed by atoms with Gasteiger partial charge in [0.05, 0.1) is 0 Å². The summed E-state index contributed by atoms with van der Waals surface area (Å²) in [5.74, 6) is 0. The Bertz CT molecular complexity index is 1290. The van der Waals surface area contributed by atoms with Crippen LogP contribution in [0.4, 0.5) is 0 Å². The van der Waals surface area contributed by atoms with E-state index >= 15 is 0 Å². The molecular formula is C33H32Cl2Zr-2. The van der Waals surface area contributed by atoms with Crippen LogP contribution in [0.25, 0.3) is 33.7 Å². The first-order chi connectivity index (χ1) is 16.4. The molecule has 0 bridgehead atoms. The second-order valence-electron chi connectivity index (χ2n) is 9.26. The van der Waals surface area contributed by atoms with Gasteiger partial charge in [0.2, 0.25) is 0 Å². The fourth-order valence-corrected chi connectivity index (χ4v) is 4.23. The molecule has 0 amide bonds. The van der Waals surface area contributed by atoms with Gasteiger partial charge in [-0.05, 0) is 11.1 Å². The Kier molecular flexibility index (Phi) is 13.4. The molecule has 0 spiro atoms. The minimum atomic E-state index is 0. The van der Waals surface area contributed by atoms with Gasteiger partial charge in [-0.3, -0.25) is 6.08 Å². The molecule has 1 aliphatic rings. The van der Waals surface area contributed by atoms with Gasteiger partial charge in [-0.2, -0.15) is 11.6 Å². The van der Waals surface area contributed by atoms with E-state index < -0.39 is 0 Å². The predicted octanol–water partition coefficient (Wildman–Crippen LogP) is 3.11. The van der Waals surface area contributed by atoms with Crippen LogP contribution in [0.5, 0.6) is 0 Å². The average molecular weight is 591 g/mol. The van der Waals surface area contributed by atoms with Gasteiger partial charge in [-0.25, -0.2) is 6.08 Å². The van der Waals surface area contributed by atoms with Crippen molar-refractivity contribution in [2.45, 2.75) is 27.2 Å². The Morgan fingerprint density at radius 3 is 1.67 bits per heavy atom. The third-order valence-electron chi connectivity index (χ3n) is 5.76. The van der Waals surface area contributed by atoms with E-state index in [1.165, 1.54) is 56.9 Å². The standard InChI is InChI=1S/C17H13.C9H13.C7H6.2ClH.Zr/c1-3-12-5-7-14-11-15-8-6-13(4-2)10-17(15)16(14)9-12;1-9(2,3)8-6-4-5-7-8;1-7-5-3-2-4-6-7;;;/h3-11H,1-2H2;6-7H,4H2,1-3H3;1-6H;2*1H;/q2*-1;;;;+2/p-2. The van der Waals surface area contributed by atoms with E-state index in [2.05, 4.69) is 123 Å². The topological polar surface area (TPSA) is 0 Å². The van der Waals surface area contributed by atoms with E-state index in [0.717, 1.165) is 17.5 Å². The van der Waals surface area contributed by atoms with Gasteiger partial charge in [-0.1, -0.05) is 75.8 Å². The predicted molar refractivity (Wildman–Crippen MR) is 149 cm³/mol. The summed E-state index contributed by atoms with van der Waals surface area (Å²) in [4.78, 5) is 0. The van der Waals surface area contributed by atoms with Gasteiger partial charge >= 0.3 is 63.8 Å². The average Bonchev–Trinajstić information content (AvgIpc) is 3.53. The normalized spacial score (nSPS) is 11.6. The molecule has 0 saturated heterocycles. The van der Waals surface area contributed by atoms with E-state index in [1.54, 1.807) is 0 Å². The van der Waals surface area contributed by atoms with Gasteiger partial charge in [0.15, 0.2) is 0 Å². The minimum absolute atomic E-state index is 0. The monoisotopic (exact) mass is 588 g/mol. The van der Waals surface area contributed by atoms with Gasteiger partial charge in [0.1, 0.15) is 0 Å². The van der Waals surface area contributed by atoms with E-state index in [0.29, 0.717) is 5.41 Å². The van der Waals surface area contributed by atoms with E-state index in [4.69, 9.17) is 0 Å². The molecule has 0 aromatic heterocycles. The summed E-state index contributed by atoms with van der Waals surface area (Å²) in [5.41, 5.74) is 5.39. The molecule has 0 N–H and O–H groups in total. The molecule has 5 rings (SSSR count). The molecule has 4 aromatic rings. The van der Waals surface area contributed by atoms with Crippen molar-refractivity contribution in [1.29, 1.82) is 0 Å². The second kappa shape index (κ2) is 15.2. The van der Waals surface area contributed by atoms with Crippen LogP contribution in [-0.4, -0.2) is 3.71 Å². The number of halogens is 2. The quantitative estimate of drug-likeness (QED) is 0.322. The van der Waals surface area contributed by atoms with Gasteiger partial charge in [0.25, 0.3) is 0 Å². The number of allylic oxidation sites excluding steroid dienone is 4. The summed E-state index contributed by atoms with van der Waals surface area (Å²) < 4.78 is 2.17. The van der Waals surface area contributed by atoms with Crippen LogP contribution in [0, 0.1) is 11.5 Å². The first-order valence-electron chi connectivity index (χ1n) is 11.6. The van der Waals surface area contributed by atoms with Crippen LogP contribution in [0.1, 0.15) is 43.9 Å². The molecule has 3 heteroatoms. The van der Waals surface area contributed by atoms with Gasteiger partial charge in [-0.15, -0.1) is 46.2 Å². The van der Waals surface area contributed by atoms with Crippen LogP contribution in [-0.2, 0) is 24.2 Å². The Morgan fingerprint density at radius 1 is 0.806 bits per heavy atom. The maximum absolute atomic E-state index is 3.82. The summed E-state index contributed by atoms with van der Waals surface area (Å²) in [6.45, 7) is 14.3. The van der Waals surface area contributed by atoms with Gasteiger partial charge in [0, 0.05) is 0 Å². The van der Waals surface area contributed by atoms with Crippen molar-refractivity contribution in [3.05, 3.63) is 126 Å². The fourth-order valence-electron chi connectivity index (χ4n) is 3.76. The Morgan fingerprint density at radius 2 is 1.33 bits per heavy atom. The van der Waals surface area contributed by atoms with Crippen molar-refractivity contribution in [3.63, 3.8) is 0 Å². The molecule has 0 nitrogen and oxygen atoms in total. The number of rotatable bonds is 3. The first-order valence-corrected chi connectivity index (χ1v) is 13.0. The summed E-state index contributed by atoms with van der Waals surface area (Å²) in [5, 5.41) is 5.15. The zero-order valence-corrected chi connectivity index (χ0v) is 25.2. The van der Waals surface area contributed by atoms with Crippen LogP contribution >= 0.6 is 0 Å². The fraction of sp³-hybridized carbons (Fsp3) is 0.152. The van der Waals surface area contributed by atoms with Crippen molar-refractivity contribution in [3.8, 4) is 0 Å². The molecule has 0 unspecified atom stereocenters. The second-order valence-corrected chi connectivity index (χ2v) is 9.97. The molecule has 184 valence electrons. The van der Waals surface area contributed by atoms with E-state index in [9.17, 15) is 0 Å². The Labute approximate surface area is 244 Å². The molecule has 1 aliphatic carbocycles. The zero-order valence-electron chi connectivity index (χ0n) is 21.2. The number of hydrogen-bond acceptors (Lipinski definition) is 0. The molecule has 0 heterocycles. The molecule has 36 heavy (non-hydrogen) atoms. The zero-order chi connectivity index (χ0) is 24.6. The molecule has 0 fully saturated rings. The van der Waals surface area contributed by atoms with Crippen molar-refractivity contribution < 1.29 is 49.0 Å². The summed E-state index contributed by atoms with van der Waals surface area (Å²) in [6, 6.07) is 25.5. The van der Waals surface area contributed by atoms with Crippen LogP contribution in [0.15, 0.2) is 104 Å². The van der Waals surface area contributed by atoms with E-state index in [1.807, 2.05) is 18.2 Å². The van der Waals surface area contributed by atoms with Crippen molar-refractivity contribution >= 4 is 37.4 Å². The van der Waals surface area contributed by atoms with Crippen LogP contribution in [0.3, 0.4) is 0 Å². The third-order valence-corrected chi connectivity index (χ3v) is 6.58. The van der Waals surface area contributed by atoms with E-state index in [-0.39, 0.29) is 24.8 Å². The molecule has 0 radical (unpaired) electrons. The number of hydrogen-bond donors (Lipinski definition) is 0. The number of fused-ring (bicyclic) bond motifs is 3. The Balaban J connectivity index is 0.000000291. The Hall–Kier alpha value is -2.18. The van der Waals surface area contributed by atoms with Crippen molar-refractivity contribution in [1.82, 2.24) is 0 Å². The third kappa shape index (κ3) is 8.74. The summed E-state index contributed by atoms with van der Waals surface area (Å²) >= 11 is 1.46. The molecule has 0 atom stereocenters. The van der Waals surface area contributed by atoms with Crippen molar-refractivity contribution in [2.24, 2.45) is 5.41 Å². The van der Waals surface area contributed by atoms with Crippen molar-refractivity contribution in [2.75, 3.05) is 0 Å². The molecule has 0 aliphatic heterocycles. The maximum atomic E-state index is 3.82. The molecular weight excluding hydrogens is 558 g/mol. The summed E-state index contributed by atoms with van der Waals surface area (Å²) in [6.07, 6.45) is 12.3. The van der Waals surface area contributed by atoms with Crippen LogP contribution in [0.2, 0.25) is 0 Å². The molecule has 0 saturated carbocycles. The summed E-state index contributed by atoms with van der Waals surface area (Å²) in [7, 11) is 0.